The van der Waals surface area contributed by atoms with E-state index in [1.807, 2.05) is 42.5 Å². The molecule has 34 heavy (non-hydrogen) atoms. The summed E-state index contributed by atoms with van der Waals surface area (Å²) in [6, 6.07) is 17.0. The third-order valence-corrected chi connectivity index (χ3v) is 6.69. The van der Waals surface area contributed by atoms with Crippen LogP contribution in [0, 0.1) is 0 Å². The number of anilines is 2. The molecular formula is C25H22N4O4S. The minimum absolute atomic E-state index is 0.130. The molecule has 0 spiro atoms. The van der Waals surface area contributed by atoms with Crippen molar-refractivity contribution in [3.63, 3.8) is 0 Å². The van der Waals surface area contributed by atoms with Crippen LogP contribution in [0.25, 0.3) is 20.7 Å². The van der Waals surface area contributed by atoms with Crippen molar-refractivity contribution in [1.82, 2.24) is 9.97 Å². The fraction of sp³-hybridized carbons (Fsp3) is 0.200. The molecular weight excluding hydrogens is 452 g/mol. The largest absolute Gasteiger partial charge is 0.497 e. The van der Waals surface area contributed by atoms with E-state index in [-0.39, 0.29) is 18.4 Å². The summed E-state index contributed by atoms with van der Waals surface area (Å²) >= 11 is 1.51. The number of amides is 2. The Morgan fingerprint density at radius 1 is 1.12 bits per heavy atom. The molecule has 0 bridgehead atoms. The van der Waals surface area contributed by atoms with Gasteiger partial charge in [-0.25, -0.2) is 9.97 Å². The van der Waals surface area contributed by atoms with E-state index in [0.29, 0.717) is 18.0 Å². The number of carbonyl (C=O) groups excluding carboxylic acids is 2. The predicted octanol–water partition coefficient (Wildman–Crippen LogP) is 4.51. The van der Waals surface area contributed by atoms with Crippen molar-refractivity contribution in [1.29, 1.82) is 0 Å². The van der Waals surface area contributed by atoms with Gasteiger partial charge in [-0.2, -0.15) is 0 Å². The van der Waals surface area contributed by atoms with E-state index in [1.165, 1.54) is 17.7 Å². The van der Waals surface area contributed by atoms with Crippen LogP contribution in [0.15, 0.2) is 60.9 Å². The molecule has 0 saturated carbocycles. The Bertz CT molecular complexity index is 1340. The van der Waals surface area contributed by atoms with Crippen LogP contribution >= 0.6 is 11.3 Å². The molecule has 1 saturated heterocycles. The van der Waals surface area contributed by atoms with E-state index in [0.717, 1.165) is 45.1 Å². The van der Waals surface area contributed by atoms with Gasteiger partial charge in [-0.1, -0.05) is 0 Å². The first-order valence-corrected chi connectivity index (χ1v) is 11.6. The van der Waals surface area contributed by atoms with Gasteiger partial charge in [0.15, 0.2) is 6.61 Å². The first kappa shape index (κ1) is 21.8. The second kappa shape index (κ2) is 9.48. The maximum absolute atomic E-state index is 12.4. The Kier molecular flexibility index (Phi) is 6.09. The summed E-state index contributed by atoms with van der Waals surface area (Å²) in [5.41, 5.74) is 3.26. The molecule has 1 fully saturated rings. The van der Waals surface area contributed by atoms with Gasteiger partial charge in [-0.05, 0) is 66.6 Å². The normalized spacial score (nSPS) is 13.3. The molecule has 2 aromatic carbocycles. The molecule has 0 radical (unpaired) electrons. The number of nitrogens with one attached hydrogen (secondary N) is 1. The number of ether oxygens (including phenoxy) is 2. The smallest absolute Gasteiger partial charge is 0.262 e. The summed E-state index contributed by atoms with van der Waals surface area (Å²) in [5.74, 6) is 0.987. The lowest BCUT2D eigenvalue weighted by atomic mass is 10.2. The molecule has 5 rings (SSSR count). The maximum atomic E-state index is 12.4. The van der Waals surface area contributed by atoms with Gasteiger partial charge in [0.05, 0.1) is 12.6 Å². The van der Waals surface area contributed by atoms with Crippen LogP contribution in [0.4, 0.5) is 11.4 Å². The van der Waals surface area contributed by atoms with E-state index in [2.05, 4.69) is 15.3 Å². The van der Waals surface area contributed by atoms with Crippen LogP contribution in [-0.2, 0) is 9.59 Å². The molecule has 1 N–H and O–H groups in total. The molecule has 8 nitrogen and oxygen atoms in total. The molecule has 2 aromatic heterocycles. The number of fused-ring (bicyclic) bond motifs is 1. The fourth-order valence-electron chi connectivity index (χ4n) is 3.81. The SMILES string of the molecule is COc1ccc(-c2cc3ncnc(OCC(=O)Nc4ccc(N5CCCC5=O)cc4)c3s2)cc1. The highest BCUT2D eigenvalue weighted by molar-refractivity contribution is 7.22. The molecule has 9 heteroatoms. The van der Waals surface area contributed by atoms with Crippen LogP contribution < -0.4 is 19.7 Å². The number of thiophene rings is 1. The average molecular weight is 475 g/mol. The summed E-state index contributed by atoms with van der Waals surface area (Å²) in [6.07, 6.45) is 2.88. The second-order valence-corrected chi connectivity index (χ2v) is 8.82. The number of nitrogens with zero attached hydrogens (tertiary/aromatic N) is 3. The van der Waals surface area contributed by atoms with E-state index >= 15 is 0 Å². The molecule has 1 aliphatic rings. The number of aromatic nitrogens is 2. The Morgan fingerprint density at radius 3 is 2.62 bits per heavy atom. The van der Waals surface area contributed by atoms with Crippen molar-refractivity contribution in [2.45, 2.75) is 12.8 Å². The maximum Gasteiger partial charge on any atom is 0.262 e. The molecule has 2 amide bonds. The van der Waals surface area contributed by atoms with Crippen molar-refractivity contribution >= 4 is 44.7 Å². The van der Waals surface area contributed by atoms with Crippen molar-refractivity contribution < 1.29 is 19.1 Å². The topological polar surface area (TPSA) is 93.7 Å². The van der Waals surface area contributed by atoms with Crippen molar-refractivity contribution in [2.75, 3.05) is 30.5 Å². The number of methoxy groups -OCH3 is 1. The van der Waals surface area contributed by atoms with Crippen molar-refractivity contribution in [3.05, 3.63) is 60.9 Å². The summed E-state index contributed by atoms with van der Waals surface area (Å²) in [6.45, 7) is 0.545. The number of hydrogen-bond acceptors (Lipinski definition) is 7. The van der Waals surface area contributed by atoms with Gasteiger partial charge in [0, 0.05) is 29.2 Å². The number of benzene rings is 2. The van der Waals surface area contributed by atoms with Gasteiger partial charge < -0.3 is 19.7 Å². The number of rotatable bonds is 7. The minimum Gasteiger partial charge on any atom is -0.497 e. The van der Waals surface area contributed by atoms with Gasteiger partial charge in [0.1, 0.15) is 16.8 Å². The van der Waals surface area contributed by atoms with Gasteiger partial charge in [0.25, 0.3) is 5.91 Å². The Hall–Kier alpha value is -3.98. The minimum atomic E-state index is -0.302. The zero-order valence-electron chi connectivity index (χ0n) is 18.5. The van der Waals surface area contributed by atoms with Gasteiger partial charge >= 0.3 is 0 Å². The molecule has 4 aromatic rings. The lowest BCUT2D eigenvalue weighted by Gasteiger charge is -2.16. The van der Waals surface area contributed by atoms with E-state index < -0.39 is 0 Å². The quantitative estimate of drug-likeness (QED) is 0.424. The van der Waals surface area contributed by atoms with E-state index in [9.17, 15) is 9.59 Å². The van der Waals surface area contributed by atoms with Crippen molar-refractivity contribution in [3.8, 4) is 22.1 Å². The molecule has 0 unspecified atom stereocenters. The van der Waals surface area contributed by atoms with E-state index in [4.69, 9.17) is 9.47 Å². The number of carbonyl (C=O) groups is 2. The van der Waals surface area contributed by atoms with Crippen LogP contribution in [0.5, 0.6) is 11.6 Å². The van der Waals surface area contributed by atoms with Gasteiger partial charge in [-0.15, -0.1) is 11.3 Å². The predicted molar refractivity (Wildman–Crippen MR) is 132 cm³/mol. The van der Waals surface area contributed by atoms with Gasteiger partial charge in [-0.3, -0.25) is 9.59 Å². The lowest BCUT2D eigenvalue weighted by molar-refractivity contribution is -0.118. The van der Waals surface area contributed by atoms with Crippen LogP contribution in [0.1, 0.15) is 12.8 Å². The van der Waals surface area contributed by atoms with Crippen LogP contribution in [-0.4, -0.2) is 42.0 Å². The standard InChI is InChI=1S/C25H22N4O4S/c1-32-19-10-4-16(5-11-19)21-13-20-24(34-21)25(27-15-26-20)33-14-22(30)28-17-6-8-18(9-7-17)29-12-2-3-23(29)31/h4-11,13,15H,2-3,12,14H2,1H3,(H,28,30). The Morgan fingerprint density at radius 2 is 1.91 bits per heavy atom. The molecule has 172 valence electrons. The summed E-state index contributed by atoms with van der Waals surface area (Å²) in [5, 5.41) is 2.81. The summed E-state index contributed by atoms with van der Waals surface area (Å²) in [7, 11) is 1.63. The Labute approximate surface area is 200 Å². The fourth-order valence-corrected chi connectivity index (χ4v) is 4.87. The monoisotopic (exact) mass is 474 g/mol. The third-order valence-electron chi connectivity index (χ3n) is 5.53. The Balaban J connectivity index is 1.24. The van der Waals surface area contributed by atoms with Crippen LogP contribution in [0.3, 0.4) is 0 Å². The second-order valence-electron chi connectivity index (χ2n) is 7.76. The highest BCUT2D eigenvalue weighted by Crippen LogP contribution is 2.37. The molecule has 0 atom stereocenters. The van der Waals surface area contributed by atoms with Gasteiger partial charge in [0.2, 0.25) is 11.8 Å². The third kappa shape index (κ3) is 4.55. The van der Waals surface area contributed by atoms with Crippen LogP contribution in [0.2, 0.25) is 0 Å². The molecule has 0 aliphatic carbocycles. The highest BCUT2D eigenvalue weighted by Gasteiger charge is 2.21. The molecule has 3 heterocycles. The first-order valence-electron chi connectivity index (χ1n) is 10.8. The zero-order chi connectivity index (χ0) is 23.5. The average Bonchev–Trinajstić information content (AvgIpc) is 3.50. The summed E-state index contributed by atoms with van der Waals surface area (Å²) < 4.78 is 11.7. The zero-order valence-corrected chi connectivity index (χ0v) is 19.3. The lowest BCUT2D eigenvalue weighted by Crippen LogP contribution is -2.23. The first-order chi connectivity index (χ1) is 16.6. The van der Waals surface area contributed by atoms with Crippen molar-refractivity contribution in [2.24, 2.45) is 0 Å². The van der Waals surface area contributed by atoms with E-state index in [1.54, 1.807) is 24.1 Å². The molecule has 1 aliphatic heterocycles. The highest BCUT2D eigenvalue weighted by atomic mass is 32.1. The number of hydrogen-bond donors (Lipinski definition) is 1. The summed E-state index contributed by atoms with van der Waals surface area (Å²) in [4.78, 5) is 35.7.